The average Bonchev–Trinajstić information content (AvgIpc) is 2.49. The average molecular weight is 249 g/mol. The maximum absolute atomic E-state index is 10.6. The van der Waals surface area contributed by atoms with Crippen molar-refractivity contribution in [3.05, 3.63) is 15.5 Å². The minimum Gasteiger partial charge on any atom is -0.480 e. The van der Waals surface area contributed by atoms with Crippen LogP contribution in [0.15, 0.2) is 6.20 Å². The molecular formula is C9H13ClN2O2S. The van der Waals surface area contributed by atoms with Crippen LogP contribution in [0, 0.1) is 0 Å². The Kier molecular flexibility index (Phi) is 4.50. The summed E-state index contributed by atoms with van der Waals surface area (Å²) in [7, 11) is 0. The topological polar surface area (TPSA) is 53.4 Å². The number of hydrogen-bond donors (Lipinski definition) is 1. The predicted octanol–water partition coefficient (Wildman–Crippen LogP) is 2.09. The van der Waals surface area contributed by atoms with Crippen LogP contribution in [0.5, 0.6) is 0 Å². The summed E-state index contributed by atoms with van der Waals surface area (Å²) in [6.45, 7) is 4.54. The molecule has 0 radical (unpaired) electrons. The molecule has 84 valence electrons. The van der Waals surface area contributed by atoms with E-state index in [1.165, 1.54) is 11.3 Å². The van der Waals surface area contributed by atoms with Crippen molar-refractivity contribution >= 4 is 28.9 Å². The number of halogens is 1. The molecule has 1 aromatic rings. The fourth-order valence-electron chi connectivity index (χ4n) is 1.15. The Morgan fingerprint density at radius 3 is 2.80 bits per heavy atom. The molecule has 1 aromatic heterocycles. The van der Waals surface area contributed by atoms with E-state index >= 15 is 0 Å². The molecule has 0 aromatic carbocycles. The van der Waals surface area contributed by atoms with Gasteiger partial charge in [0.2, 0.25) is 0 Å². The molecule has 0 aliphatic carbocycles. The van der Waals surface area contributed by atoms with Gasteiger partial charge < -0.3 is 5.11 Å². The van der Waals surface area contributed by atoms with Crippen LogP contribution in [-0.4, -0.2) is 33.5 Å². The van der Waals surface area contributed by atoms with Gasteiger partial charge >= 0.3 is 5.97 Å². The van der Waals surface area contributed by atoms with Crippen LogP contribution in [0.3, 0.4) is 0 Å². The molecule has 0 saturated heterocycles. The molecule has 6 heteroatoms. The van der Waals surface area contributed by atoms with Gasteiger partial charge in [-0.05, 0) is 13.8 Å². The number of nitrogens with zero attached hydrogens (tertiary/aromatic N) is 2. The second kappa shape index (κ2) is 5.44. The number of carboxylic acid groups (broad SMARTS) is 1. The summed E-state index contributed by atoms with van der Waals surface area (Å²) in [5.41, 5.74) is 0. The number of aliphatic carboxylic acids is 1. The number of thiazole rings is 1. The first kappa shape index (κ1) is 12.4. The molecule has 0 amide bonds. The van der Waals surface area contributed by atoms with Gasteiger partial charge in [-0.15, -0.1) is 11.3 Å². The lowest BCUT2D eigenvalue weighted by Crippen LogP contribution is -2.34. The first-order valence-electron chi connectivity index (χ1n) is 4.55. The van der Waals surface area contributed by atoms with Crippen molar-refractivity contribution in [1.82, 2.24) is 9.88 Å². The predicted molar refractivity (Wildman–Crippen MR) is 60.3 cm³/mol. The molecule has 0 atom stereocenters. The summed E-state index contributed by atoms with van der Waals surface area (Å²) < 4.78 is 0.490. The first-order valence-corrected chi connectivity index (χ1v) is 5.74. The van der Waals surface area contributed by atoms with Crippen LogP contribution >= 0.6 is 22.9 Å². The smallest absolute Gasteiger partial charge is 0.317 e. The number of hydrogen-bond acceptors (Lipinski definition) is 4. The minimum atomic E-state index is -0.820. The van der Waals surface area contributed by atoms with Crippen LogP contribution in [0.25, 0.3) is 0 Å². The number of rotatable bonds is 5. The minimum absolute atomic E-state index is 0.0349. The fraction of sp³-hybridized carbons (Fsp3) is 0.556. The van der Waals surface area contributed by atoms with E-state index in [1.54, 1.807) is 6.20 Å². The van der Waals surface area contributed by atoms with Crippen molar-refractivity contribution in [3.8, 4) is 0 Å². The van der Waals surface area contributed by atoms with Gasteiger partial charge in [-0.25, -0.2) is 4.98 Å². The summed E-state index contributed by atoms with van der Waals surface area (Å²) >= 11 is 7.08. The molecule has 0 aliphatic heterocycles. The molecule has 0 spiro atoms. The normalized spacial score (nSPS) is 11.3. The highest BCUT2D eigenvalue weighted by molar-refractivity contribution is 7.15. The largest absolute Gasteiger partial charge is 0.480 e. The van der Waals surface area contributed by atoms with Crippen molar-refractivity contribution in [2.24, 2.45) is 0 Å². The van der Waals surface area contributed by atoms with Gasteiger partial charge in [0.1, 0.15) is 0 Å². The Balaban J connectivity index is 2.62. The molecule has 0 aliphatic rings. The Labute approximate surface area is 97.5 Å². The molecule has 0 fully saturated rings. The van der Waals surface area contributed by atoms with Gasteiger partial charge in [0.05, 0.1) is 6.54 Å². The molecule has 0 saturated carbocycles. The number of carbonyl (C=O) groups is 1. The molecule has 0 bridgehead atoms. The van der Waals surface area contributed by atoms with E-state index in [4.69, 9.17) is 16.7 Å². The monoisotopic (exact) mass is 248 g/mol. The van der Waals surface area contributed by atoms with E-state index in [-0.39, 0.29) is 12.6 Å². The fourth-order valence-corrected chi connectivity index (χ4v) is 2.16. The summed E-state index contributed by atoms with van der Waals surface area (Å²) in [5, 5.41) is 8.74. The van der Waals surface area contributed by atoms with E-state index in [2.05, 4.69) is 4.98 Å². The zero-order chi connectivity index (χ0) is 11.4. The lowest BCUT2D eigenvalue weighted by atomic mass is 10.3. The van der Waals surface area contributed by atoms with Crippen molar-refractivity contribution in [1.29, 1.82) is 0 Å². The van der Waals surface area contributed by atoms with E-state index in [1.807, 2.05) is 18.7 Å². The van der Waals surface area contributed by atoms with E-state index in [0.717, 1.165) is 4.88 Å². The molecule has 1 heterocycles. The lowest BCUT2D eigenvalue weighted by molar-refractivity contribution is -0.138. The van der Waals surface area contributed by atoms with E-state index in [9.17, 15) is 4.79 Å². The Morgan fingerprint density at radius 1 is 1.73 bits per heavy atom. The Bertz CT molecular complexity index is 341. The van der Waals surface area contributed by atoms with Gasteiger partial charge in [0.25, 0.3) is 0 Å². The maximum atomic E-state index is 10.6. The van der Waals surface area contributed by atoms with Gasteiger partial charge in [0, 0.05) is 23.7 Å². The van der Waals surface area contributed by atoms with Crippen LogP contribution in [0.2, 0.25) is 4.47 Å². The van der Waals surface area contributed by atoms with Gasteiger partial charge in [-0.3, -0.25) is 9.69 Å². The number of aromatic nitrogens is 1. The highest BCUT2D eigenvalue weighted by Crippen LogP contribution is 2.19. The third kappa shape index (κ3) is 4.15. The number of carboxylic acids is 1. The first-order chi connectivity index (χ1) is 6.99. The molecular weight excluding hydrogens is 236 g/mol. The molecule has 15 heavy (non-hydrogen) atoms. The van der Waals surface area contributed by atoms with Gasteiger partial charge in [0.15, 0.2) is 4.47 Å². The molecule has 0 unspecified atom stereocenters. The van der Waals surface area contributed by atoms with Gasteiger partial charge in [-0.1, -0.05) is 11.6 Å². The molecule has 1 rings (SSSR count). The Morgan fingerprint density at radius 2 is 2.40 bits per heavy atom. The van der Waals surface area contributed by atoms with Crippen molar-refractivity contribution in [3.63, 3.8) is 0 Å². The Hall–Kier alpha value is -0.650. The van der Waals surface area contributed by atoms with E-state index < -0.39 is 5.97 Å². The van der Waals surface area contributed by atoms with Crippen molar-refractivity contribution in [2.75, 3.05) is 6.54 Å². The van der Waals surface area contributed by atoms with Gasteiger partial charge in [-0.2, -0.15) is 0 Å². The second-order valence-corrected chi connectivity index (χ2v) is 5.17. The third-order valence-corrected chi connectivity index (χ3v) is 3.05. The lowest BCUT2D eigenvalue weighted by Gasteiger charge is -2.23. The maximum Gasteiger partial charge on any atom is 0.317 e. The summed E-state index contributed by atoms with van der Waals surface area (Å²) in [6, 6.07) is 0.182. The van der Waals surface area contributed by atoms with E-state index in [0.29, 0.717) is 11.0 Å². The highest BCUT2D eigenvalue weighted by atomic mass is 35.5. The van der Waals surface area contributed by atoms with Crippen LogP contribution in [0.4, 0.5) is 0 Å². The molecule has 1 N–H and O–H groups in total. The quantitative estimate of drug-likeness (QED) is 0.867. The standard InChI is InChI=1S/C9H13ClN2O2S/c1-6(2)12(5-8(13)14)4-7-3-11-9(10)15-7/h3,6H,4-5H2,1-2H3,(H,13,14). The molecule has 4 nitrogen and oxygen atoms in total. The third-order valence-electron chi connectivity index (χ3n) is 1.95. The zero-order valence-corrected chi connectivity index (χ0v) is 10.2. The van der Waals surface area contributed by atoms with Crippen LogP contribution < -0.4 is 0 Å². The summed E-state index contributed by atoms with van der Waals surface area (Å²) in [5.74, 6) is -0.820. The summed E-state index contributed by atoms with van der Waals surface area (Å²) in [4.78, 5) is 17.4. The summed E-state index contributed by atoms with van der Waals surface area (Å²) in [6.07, 6.45) is 1.68. The second-order valence-electron chi connectivity index (χ2n) is 3.47. The van der Waals surface area contributed by atoms with Crippen molar-refractivity contribution in [2.45, 2.75) is 26.4 Å². The SMILES string of the molecule is CC(C)N(CC(=O)O)Cc1cnc(Cl)s1. The van der Waals surface area contributed by atoms with Crippen molar-refractivity contribution < 1.29 is 9.90 Å². The van der Waals surface area contributed by atoms with Crippen LogP contribution in [-0.2, 0) is 11.3 Å². The van der Waals surface area contributed by atoms with Crippen LogP contribution in [0.1, 0.15) is 18.7 Å². The highest BCUT2D eigenvalue weighted by Gasteiger charge is 2.14. The zero-order valence-electron chi connectivity index (χ0n) is 8.61.